The summed E-state index contributed by atoms with van der Waals surface area (Å²) in [6.45, 7) is 5.90. The number of aromatic nitrogens is 1. The summed E-state index contributed by atoms with van der Waals surface area (Å²) in [5.41, 5.74) is 2.60. The Morgan fingerprint density at radius 1 is 1.62 bits per heavy atom. The van der Waals surface area contributed by atoms with Gasteiger partial charge in [-0.05, 0) is 26.3 Å². The van der Waals surface area contributed by atoms with Gasteiger partial charge in [0.05, 0.1) is 11.9 Å². The van der Waals surface area contributed by atoms with E-state index in [2.05, 4.69) is 5.92 Å². The Kier molecular flexibility index (Phi) is 4.20. The quantitative estimate of drug-likeness (QED) is 0.448. The second-order valence-corrected chi connectivity index (χ2v) is 4.07. The Bertz CT molecular complexity index is 440. The van der Waals surface area contributed by atoms with Gasteiger partial charge >= 0.3 is 0 Å². The number of carbonyl (C=O) groups excluding carboxylic acids is 1. The minimum Gasteiger partial charge on any atom is -0.334 e. The van der Waals surface area contributed by atoms with E-state index in [0.29, 0.717) is 5.56 Å². The third-order valence-corrected chi connectivity index (χ3v) is 3.04. The minimum atomic E-state index is -0.0482. The predicted molar refractivity (Wildman–Crippen MR) is 67.1 cm³/mol. The summed E-state index contributed by atoms with van der Waals surface area (Å²) >= 11 is 5.57. The number of hydrogen-bond acceptors (Lipinski definition) is 1. The van der Waals surface area contributed by atoms with Gasteiger partial charge in [-0.25, -0.2) is 0 Å². The van der Waals surface area contributed by atoms with Crippen LogP contribution < -0.4 is 0 Å². The van der Waals surface area contributed by atoms with Gasteiger partial charge in [-0.3, -0.25) is 4.79 Å². The maximum Gasteiger partial charge on any atom is 0.179 e. The Labute approximate surface area is 102 Å². The molecule has 0 spiro atoms. The molecule has 1 rings (SSSR count). The van der Waals surface area contributed by atoms with Crippen LogP contribution >= 0.6 is 11.6 Å². The number of carbonyl (C=O) groups is 1. The van der Waals surface area contributed by atoms with E-state index in [-0.39, 0.29) is 17.7 Å². The predicted octanol–water partition coefficient (Wildman–Crippen LogP) is 3.11. The van der Waals surface area contributed by atoms with Crippen molar-refractivity contribution in [3.05, 3.63) is 23.0 Å². The van der Waals surface area contributed by atoms with Crippen LogP contribution in [0.4, 0.5) is 0 Å². The topological polar surface area (TPSA) is 22.0 Å². The highest BCUT2D eigenvalue weighted by Gasteiger charge is 2.18. The van der Waals surface area contributed by atoms with Crippen LogP contribution in [0.3, 0.4) is 0 Å². The molecule has 0 aromatic carbocycles. The summed E-state index contributed by atoms with van der Waals surface area (Å²) in [5, 5.41) is 0. The molecule has 1 aromatic heterocycles. The minimum absolute atomic E-state index is 0.0110. The zero-order valence-corrected chi connectivity index (χ0v) is 10.6. The summed E-state index contributed by atoms with van der Waals surface area (Å²) in [5.74, 6) is 2.70. The molecule has 0 aliphatic rings. The molecule has 0 amide bonds. The van der Waals surface area contributed by atoms with Gasteiger partial charge in [0, 0.05) is 17.0 Å². The average molecular weight is 238 g/mol. The van der Waals surface area contributed by atoms with E-state index in [1.165, 1.54) is 0 Å². The Morgan fingerprint density at radius 2 is 2.25 bits per heavy atom. The van der Waals surface area contributed by atoms with Gasteiger partial charge in [0.25, 0.3) is 0 Å². The van der Waals surface area contributed by atoms with Crippen molar-refractivity contribution < 1.29 is 4.79 Å². The fourth-order valence-corrected chi connectivity index (χ4v) is 2.13. The monoisotopic (exact) mass is 237 g/mol. The zero-order valence-electron chi connectivity index (χ0n) is 9.88. The number of rotatable bonds is 4. The molecule has 0 N–H and O–H groups in total. The molecule has 0 saturated carbocycles. The molecule has 1 aromatic rings. The summed E-state index contributed by atoms with van der Waals surface area (Å²) < 4.78 is 2.03. The lowest BCUT2D eigenvalue weighted by atomic mass is 10.1. The normalized spacial score (nSPS) is 12.2. The van der Waals surface area contributed by atoms with Crippen molar-refractivity contribution in [1.29, 1.82) is 0 Å². The van der Waals surface area contributed by atoms with Crippen molar-refractivity contribution in [2.45, 2.75) is 33.2 Å². The first kappa shape index (κ1) is 12.9. The van der Waals surface area contributed by atoms with Gasteiger partial charge < -0.3 is 4.57 Å². The number of alkyl halides is 1. The van der Waals surface area contributed by atoms with Crippen molar-refractivity contribution in [3.8, 4) is 12.3 Å². The van der Waals surface area contributed by atoms with Gasteiger partial charge in [0.2, 0.25) is 0 Å². The highest BCUT2D eigenvalue weighted by atomic mass is 35.5. The van der Waals surface area contributed by atoms with Crippen LogP contribution in [0.5, 0.6) is 0 Å². The van der Waals surface area contributed by atoms with Crippen LogP contribution in [0, 0.1) is 26.2 Å². The summed E-state index contributed by atoms with van der Waals surface area (Å²) in [6.07, 6.45) is 6.34. The van der Waals surface area contributed by atoms with Gasteiger partial charge in [0.15, 0.2) is 5.78 Å². The number of ketones is 1. The Morgan fingerprint density at radius 3 is 2.69 bits per heavy atom. The molecule has 0 fully saturated rings. The van der Waals surface area contributed by atoms with Crippen molar-refractivity contribution in [3.63, 3.8) is 0 Å². The SMILES string of the molecule is C#CC(CC)n1c(C)cc(C(=O)CCl)c1C. The largest absolute Gasteiger partial charge is 0.334 e. The van der Waals surface area contributed by atoms with E-state index < -0.39 is 0 Å². The maximum atomic E-state index is 11.6. The fourth-order valence-electron chi connectivity index (χ4n) is 1.99. The lowest BCUT2D eigenvalue weighted by molar-refractivity contribution is 0.102. The third-order valence-electron chi connectivity index (χ3n) is 2.80. The highest BCUT2D eigenvalue weighted by Crippen LogP contribution is 2.22. The number of aryl methyl sites for hydroxylation is 1. The second-order valence-electron chi connectivity index (χ2n) is 3.80. The number of hydrogen-bond donors (Lipinski definition) is 0. The molecule has 16 heavy (non-hydrogen) atoms. The molecule has 3 heteroatoms. The zero-order chi connectivity index (χ0) is 12.3. The molecule has 0 radical (unpaired) electrons. The van der Waals surface area contributed by atoms with Crippen molar-refractivity contribution >= 4 is 17.4 Å². The first-order chi connectivity index (χ1) is 7.56. The van der Waals surface area contributed by atoms with E-state index in [4.69, 9.17) is 18.0 Å². The van der Waals surface area contributed by atoms with Crippen LogP contribution in [-0.4, -0.2) is 16.2 Å². The molecule has 1 heterocycles. The average Bonchev–Trinajstić information content (AvgIpc) is 2.57. The van der Waals surface area contributed by atoms with E-state index in [0.717, 1.165) is 17.8 Å². The van der Waals surface area contributed by atoms with Gasteiger partial charge in [-0.15, -0.1) is 18.0 Å². The molecule has 1 atom stereocenters. The first-order valence-corrected chi connectivity index (χ1v) is 5.83. The van der Waals surface area contributed by atoms with Crippen molar-refractivity contribution in [2.75, 3.05) is 5.88 Å². The van der Waals surface area contributed by atoms with E-state index in [1.807, 2.05) is 31.4 Å². The van der Waals surface area contributed by atoms with Crippen LogP contribution in [0.15, 0.2) is 6.07 Å². The number of nitrogens with zero attached hydrogens (tertiary/aromatic N) is 1. The molecule has 0 aliphatic heterocycles. The van der Waals surface area contributed by atoms with Gasteiger partial charge in [-0.2, -0.15) is 0 Å². The van der Waals surface area contributed by atoms with Crippen LogP contribution in [0.25, 0.3) is 0 Å². The maximum absolute atomic E-state index is 11.6. The van der Waals surface area contributed by atoms with Crippen LogP contribution in [-0.2, 0) is 0 Å². The number of Topliss-reactive ketones (excluding diaryl/α,β-unsaturated/α-hetero) is 1. The molecular formula is C13H16ClNO. The summed E-state index contributed by atoms with van der Waals surface area (Å²) in [6, 6.07) is 1.87. The Hall–Kier alpha value is -1.20. The molecular weight excluding hydrogens is 222 g/mol. The molecule has 86 valence electrons. The van der Waals surface area contributed by atoms with Crippen molar-refractivity contribution in [2.24, 2.45) is 0 Å². The van der Waals surface area contributed by atoms with Crippen molar-refractivity contribution in [1.82, 2.24) is 4.57 Å². The molecule has 0 bridgehead atoms. The lowest BCUT2D eigenvalue weighted by Gasteiger charge is -2.15. The molecule has 0 aliphatic carbocycles. The summed E-state index contributed by atoms with van der Waals surface area (Å²) in [4.78, 5) is 11.6. The van der Waals surface area contributed by atoms with Crippen LogP contribution in [0.2, 0.25) is 0 Å². The third kappa shape index (κ3) is 2.15. The second kappa shape index (κ2) is 5.23. The van der Waals surface area contributed by atoms with E-state index in [1.54, 1.807) is 0 Å². The lowest BCUT2D eigenvalue weighted by Crippen LogP contribution is -2.10. The fraction of sp³-hybridized carbons (Fsp3) is 0.462. The molecule has 1 unspecified atom stereocenters. The van der Waals surface area contributed by atoms with Crippen LogP contribution in [0.1, 0.15) is 41.1 Å². The standard InChI is InChI=1S/C13H16ClNO/c1-5-11(6-2)15-9(3)7-12(10(15)4)13(16)8-14/h1,7,11H,6,8H2,2-4H3. The number of halogens is 1. The van der Waals surface area contributed by atoms with E-state index >= 15 is 0 Å². The highest BCUT2D eigenvalue weighted by molar-refractivity contribution is 6.30. The Balaban J connectivity index is 3.28. The first-order valence-electron chi connectivity index (χ1n) is 5.30. The number of terminal acetylenes is 1. The smallest absolute Gasteiger partial charge is 0.179 e. The molecule has 0 saturated heterocycles. The van der Waals surface area contributed by atoms with Gasteiger partial charge in [0.1, 0.15) is 0 Å². The summed E-state index contributed by atoms with van der Waals surface area (Å²) in [7, 11) is 0. The molecule has 2 nitrogen and oxygen atoms in total. The van der Waals surface area contributed by atoms with E-state index in [9.17, 15) is 4.79 Å². The van der Waals surface area contributed by atoms with Gasteiger partial charge in [-0.1, -0.05) is 12.8 Å².